The summed E-state index contributed by atoms with van der Waals surface area (Å²) in [7, 11) is 6.12. The van der Waals surface area contributed by atoms with Gasteiger partial charge < -0.3 is 26.4 Å². The monoisotopic (exact) mass is 491 g/mol. The van der Waals surface area contributed by atoms with Crippen molar-refractivity contribution in [3.63, 3.8) is 0 Å². The molecule has 198 valence electrons. The smallest absolute Gasteiger partial charge is 0.309 e. The minimum absolute atomic E-state index is 0. The third-order valence-corrected chi connectivity index (χ3v) is 5.83. The third-order valence-electron chi connectivity index (χ3n) is 5.83. The zero-order chi connectivity index (χ0) is 24.2. The number of halogens is 1. The van der Waals surface area contributed by atoms with E-state index in [1.165, 1.54) is 57.8 Å². The van der Waals surface area contributed by atoms with Gasteiger partial charge >= 0.3 is 11.9 Å². The van der Waals surface area contributed by atoms with Gasteiger partial charge in [-0.25, -0.2) is 0 Å². The fourth-order valence-corrected chi connectivity index (χ4v) is 3.86. The lowest BCUT2D eigenvalue weighted by Gasteiger charge is -2.29. The summed E-state index contributed by atoms with van der Waals surface area (Å²) >= 11 is 0. The molecular weight excluding hydrogens is 438 g/mol. The van der Waals surface area contributed by atoms with Crippen LogP contribution in [0.25, 0.3) is 0 Å². The summed E-state index contributed by atoms with van der Waals surface area (Å²) in [5.74, 6) is -0.586. The number of rotatable bonds is 21. The molecular formula is C27H54ClNO4. The van der Waals surface area contributed by atoms with Crippen molar-refractivity contribution in [3.05, 3.63) is 0 Å². The van der Waals surface area contributed by atoms with Gasteiger partial charge in [0.1, 0.15) is 6.54 Å². The molecule has 0 aromatic rings. The number of carbonyl (C=O) groups is 2. The third kappa shape index (κ3) is 22.7. The van der Waals surface area contributed by atoms with Gasteiger partial charge in [-0.15, -0.1) is 0 Å². The van der Waals surface area contributed by atoms with Crippen LogP contribution in [0, 0.1) is 5.92 Å². The van der Waals surface area contributed by atoms with Gasteiger partial charge in [0.25, 0.3) is 0 Å². The molecule has 0 saturated carbocycles. The van der Waals surface area contributed by atoms with Crippen LogP contribution < -0.4 is 12.4 Å². The van der Waals surface area contributed by atoms with Crippen molar-refractivity contribution in [2.75, 3.05) is 34.3 Å². The Morgan fingerprint density at radius 2 is 1.24 bits per heavy atom. The predicted octanol–water partition coefficient (Wildman–Crippen LogP) is 3.68. The summed E-state index contributed by atoms with van der Waals surface area (Å²) < 4.78 is 11.8. The number of esters is 2. The van der Waals surface area contributed by atoms with Crippen molar-refractivity contribution in [1.29, 1.82) is 0 Å². The van der Waals surface area contributed by atoms with Gasteiger partial charge in [-0.1, -0.05) is 97.8 Å². The van der Waals surface area contributed by atoms with Crippen LogP contribution in [0.2, 0.25) is 0 Å². The predicted molar refractivity (Wildman–Crippen MR) is 134 cm³/mol. The van der Waals surface area contributed by atoms with Crippen LogP contribution in [0.4, 0.5) is 0 Å². The number of carbonyl (C=O) groups excluding carboxylic acids is 2. The van der Waals surface area contributed by atoms with E-state index in [1.807, 2.05) is 28.1 Å². The lowest BCUT2D eigenvalue weighted by molar-refractivity contribution is -0.873. The van der Waals surface area contributed by atoms with E-state index >= 15 is 0 Å². The van der Waals surface area contributed by atoms with Crippen molar-refractivity contribution >= 4 is 11.9 Å². The molecule has 0 bridgehead atoms. The van der Waals surface area contributed by atoms with Gasteiger partial charge in [-0.05, 0) is 12.8 Å². The second kappa shape index (κ2) is 21.7. The van der Waals surface area contributed by atoms with Gasteiger partial charge in [-0.2, -0.15) is 0 Å². The zero-order valence-corrected chi connectivity index (χ0v) is 23.4. The lowest BCUT2D eigenvalue weighted by atomic mass is 10.0. The fraction of sp³-hybridized carbons (Fsp3) is 0.926. The highest BCUT2D eigenvalue weighted by Crippen LogP contribution is 2.15. The number of ether oxygens (including phenoxy) is 2. The van der Waals surface area contributed by atoms with Crippen LogP contribution in [0.1, 0.15) is 117 Å². The van der Waals surface area contributed by atoms with E-state index in [4.69, 9.17) is 9.47 Å². The summed E-state index contributed by atoms with van der Waals surface area (Å²) in [5.41, 5.74) is 0. The lowest BCUT2D eigenvalue weighted by Crippen LogP contribution is -3.00. The molecule has 0 saturated heterocycles. The van der Waals surface area contributed by atoms with Crippen molar-refractivity contribution < 1.29 is 36.0 Å². The van der Waals surface area contributed by atoms with E-state index in [0.29, 0.717) is 17.6 Å². The maximum Gasteiger partial charge on any atom is 0.309 e. The molecule has 6 heteroatoms. The summed E-state index contributed by atoms with van der Waals surface area (Å²) in [6, 6.07) is 0. The minimum atomic E-state index is -0.434. The zero-order valence-electron chi connectivity index (χ0n) is 22.6. The van der Waals surface area contributed by atoms with E-state index in [0.717, 1.165) is 32.1 Å². The van der Waals surface area contributed by atoms with Crippen molar-refractivity contribution in [1.82, 2.24) is 0 Å². The molecule has 0 N–H and O–H groups in total. The summed E-state index contributed by atoms with van der Waals surface area (Å²) in [4.78, 5) is 24.7. The van der Waals surface area contributed by atoms with Gasteiger partial charge in [0, 0.05) is 0 Å². The van der Waals surface area contributed by atoms with Crippen molar-refractivity contribution in [2.45, 2.75) is 123 Å². The van der Waals surface area contributed by atoms with Crippen molar-refractivity contribution in [2.24, 2.45) is 5.92 Å². The summed E-state index contributed by atoms with van der Waals surface area (Å²) in [5, 5.41) is 0. The average molecular weight is 492 g/mol. The molecule has 1 unspecified atom stereocenters. The first-order valence-electron chi connectivity index (χ1n) is 13.4. The van der Waals surface area contributed by atoms with E-state index < -0.39 is 6.10 Å². The van der Waals surface area contributed by atoms with E-state index in [1.54, 1.807) is 0 Å². The molecule has 0 aliphatic rings. The van der Waals surface area contributed by atoms with Crippen LogP contribution in [0.5, 0.6) is 0 Å². The van der Waals surface area contributed by atoms with Crippen molar-refractivity contribution in [3.8, 4) is 0 Å². The molecule has 0 heterocycles. The molecule has 0 aliphatic heterocycles. The Balaban J connectivity index is 0. The second-order valence-corrected chi connectivity index (χ2v) is 10.5. The van der Waals surface area contributed by atoms with E-state index in [9.17, 15) is 9.59 Å². The van der Waals surface area contributed by atoms with Gasteiger partial charge in [0.15, 0.2) is 6.10 Å². The van der Waals surface area contributed by atoms with Gasteiger partial charge in [0.2, 0.25) is 0 Å². The normalized spacial score (nSPS) is 13.2. The summed E-state index contributed by atoms with van der Waals surface area (Å²) in [6.07, 6.45) is 16.6. The highest BCUT2D eigenvalue weighted by molar-refractivity contribution is 5.74. The summed E-state index contributed by atoms with van der Waals surface area (Å²) in [6.45, 7) is 7.34. The Morgan fingerprint density at radius 1 is 0.758 bits per heavy atom. The maximum atomic E-state index is 12.4. The standard InChI is InChI=1S/C27H54NO4.ClH/c1-7-9-11-12-13-14-15-16-17-18-19-21-31-26(29)22-25(23-28(4,5)6)32-27(30)24(3)20-10-8-2;/h24-25H,7-23H2,1-6H3;1H/q+1;/p-1/t24?,25-;/m1./s1. The average Bonchev–Trinajstić information content (AvgIpc) is 2.71. The Bertz CT molecular complexity index is 479. The first-order chi connectivity index (χ1) is 15.2. The topological polar surface area (TPSA) is 52.6 Å². The van der Waals surface area contributed by atoms with E-state index in [2.05, 4.69) is 13.8 Å². The number of unbranched alkanes of at least 4 members (excludes halogenated alkanes) is 11. The molecule has 0 spiro atoms. The molecule has 5 nitrogen and oxygen atoms in total. The highest BCUT2D eigenvalue weighted by atomic mass is 35.5. The molecule has 33 heavy (non-hydrogen) atoms. The number of quaternary nitrogens is 1. The van der Waals surface area contributed by atoms with Crippen LogP contribution in [0.3, 0.4) is 0 Å². The fourth-order valence-electron chi connectivity index (χ4n) is 3.86. The largest absolute Gasteiger partial charge is 1.00 e. The van der Waals surface area contributed by atoms with Crippen LogP contribution >= 0.6 is 0 Å². The molecule has 2 atom stereocenters. The number of likely N-dealkylation sites (N-methyl/N-ethyl adjacent to an activating group) is 1. The van der Waals surface area contributed by atoms with Crippen LogP contribution in [0.15, 0.2) is 0 Å². The first-order valence-corrected chi connectivity index (χ1v) is 13.4. The molecule has 0 radical (unpaired) electrons. The van der Waals surface area contributed by atoms with Gasteiger partial charge in [0.05, 0.1) is 40.1 Å². The maximum absolute atomic E-state index is 12.4. The molecule has 0 rings (SSSR count). The first kappa shape index (κ1) is 34.4. The Kier molecular flexibility index (Phi) is 22.6. The number of hydrogen-bond acceptors (Lipinski definition) is 4. The Labute approximate surface area is 211 Å². The minimum Gasteiger partial charge on any atom is -1.00 e. The Hall–Kier alpha value is -0.810. The quantitative estimate of drug-likeness (QED) is 0.140. The molecule has 0 fully saturated rings. The second-order valence-electron chi connectivity index (χ2n) is 10.5. The SMILES string of the molecule is CCCCCCCCCCCCCOC(=O)C[C@H](C[N+](C)(C)C)OC(=O)C(C)CCCC.[Cl-]. The van der Waals surface area contributed by atoms with Crippen LogP contribution in [-0.4, -0.2) is 56.8 Å². The Morgan fingerprint density at radius 3 is 1.73 bits per heavy atom. The molecule has 0 aromatic heterocycles. The van der Waals surface area contributed by atoms with E-state index in [-0.39, 0.29) is 36.7 Å². The molecule has 0 aliphatic carbocycles. The number of nitrogens with zero attached hydrogens (tertiary/aromatic N) is 1. The highest BCUT2D eigenvalue weighted by Gasteiger charge is 2.27. The number of hydrogen-bond donors (Lipinski definition) is 0. The molecule has 0 amide bonds. The van der Waals surface area contributed by atoms with Gasteiger partial charge in [-0.3, -0.25) is 9.59 Å². The molecule has 0 aromatic carbocycles. The van der Waals surface area contributed by atoms with Crippen LogP contribution in [-0.2, 0) is 19.1 Å².